The van der Waals surface area contributed by atoms with Crippen LogP contribution >= 0.6 is 15.6 Å². The number of carbonyl (C=O) groups is 4. The minimum Gasteiger partial charge on any atom is -0.462 e. The van der Waals surface area contributed by atoms with Crippen LogP contribution in [0.2, 0.25) is 0 Å². The molecule has 0 saturated carbocycles. The van der Waals surface area contributed by atoms with Crippen molar-refractivity contribution < 1.29 is 80.2 Å². The molecule has 0 saturated heterocycles. The van der Waals surface area contributed by atoms with E-state index in [0.29, 0.717) is 32.1 Å². The van der Waals surface area contributed by atoms with Gasteiger partial charge in [-0.2, -0.15) is 0 Å². The number of phosphoric ester groups is 2. The molecular formula is C79H134O17P2. The van der Waals surface area contributed by atoms with Gasteiger partial charge in [0.25, 0.3) is 0 Å². The highest BCUT2D eigenvalue weighted by atomic mass is 31.2. The van der Waals surface area contributed by atoms with Crippen molar-refractivity contribution in [1.82, 2.24) is 0 Å². The quantitative estimate of drug-likeness (QED) is 0.0169. The van der Waals surface area contributed by atoms with Crippen molar-refractivity contribution in [2.75, 3.05) is 39.6 Å². The van der Waals surface area contributed by atoms with E-state index in [2.05, 4.69) is 149 Å². The summed E-state index contributed by atoms with van der Waals surface area (Å²) in [6, 6.07) is 0. The van der Waals surface area contributed by atoms with Gasteiger partial charge in [0.05, 0.1) is 26.4 Å². The molecule has 0 aromatic rings. The van der Waals surface area contributed by atoms with Crippen molar-refractivity contribution in [3.63, 3.8) is 0 Å². The molecule has 0 aromatic heterocycles. The minimum absolute atomic E-state index is 0.0324. The summed E-state index contributed by atoms with van der Waals surface area (Å²) in [5, 5.41) is 10.6. The van der Waals surface area contributed by atoms with Crippen LogP contribution in [0.3, 0.4) is 0 Å². The molecule has 17 nitrogen and oxygen atoms in total. The molecule has 0 aromatic carbocycles. The molecular weight excluding hydrogens is 1280 g/mol. The number of esters is 4. The number of aliphatic hydroxyl groups excluding tert-OH is 1. The first kappa shape index (κ1) is 93.5. The molecule has 0 heterocycles. The summed E-state index contributed by atoms with van der Waals surface area (Å²) in [6.45, 7) is 4.51. The lowest BCUT2D eigenvalue weighted by Crippen LogP contribution is -2.30. The largest absolute Gasteiger partial charge is 0.472 e. The second-order valence-electron chi connectivity index (χ2n) is 24.8. The number of carbonyl (C=O) groups excluding carboxylic acids is 4. The first-order valence-electron chi connectivity index (χ1n) is 37.8. The fourth-order valence-electron chi connectivity index (χ4n) is 9.69. The van der Waals surface area contributed by atoms with Gasteiger partial charge < -0.3 is 33.8 Å². The van der Waals surface area contributed by atoms with Gasteiger partial charge in [-0.15, -0.1) is 0 Å². The number of allylic oxidation sites excluding steroid dienone is 20. The van der Waals surface area contributed by atoms with Crippen LogP contribution in [-0.2, 0) is 65.4 Å². The lowest BCUT2D eigenvalue weighted by atomic mass is 10.0. The maximum absolute atomic E-state index is 13.1. The molecule has 0 aliphatic carbocycles. The maximum Gasteiger partial charge on any atom is 0.472 e. The molecule has 19 heteroatoms. The lowest BCUT2D eigenvalue weighted by Gasteiger charge is -2.21. The second kappa shape index (κ2) is 70.9. The third-order valence-corrected chi connectivity index (χ3v) is 17.3. The highest BCUT2D eigenvalue weighted by molar-refractivity contribution is 7.47. The number of unbranched alkanes of at least 4 members (excludes halogenated alkanes) is 24. The third-order valence-electron chi connectivity index (χ3n) is 15.4. The summed E-state index contributed by atoms with van der Waals surface area (Å²) in [5.41, 5.74) is 0. The van der Waals surface area contributed by atoms with Crippen molar-refractivity contribution in [3.05, 3.63) is 122 Å². The van der Waals surface area contributed by atoms with Crippen molar-refractivity contribution in [2.24, 2.45) is 0 Å². The van der Waals surface area contributed by atoms with Gasteiger partial charge in [-0.1, -0.05) is 265 Å². The Morgan fingerprint density at radius 1 is 0.296 bits per heavy atom. The molecule has 0 aliphatic heterocycles. The molecule has 5 atom stereocenters. The van der Waals surface area contributed by atoms with Crippen molar-refractivity contribution in [3.8, 4) is 0 Å². The van der Waals surface area contributed by atoms with Crippen LogP contribution in [0.15, 0.2) is 122 Å². The first-order valence-corrected chi connectivity index (χ1v) is 40.8. The smallest absolute Gasteiger partial charge is 0.462 e. The second-order valence-corrected chi connectivity index (χ2v) is 27.7. The van der Waals surface area contributed by atoms with E-state index < -0.39 is 97.5 Å². The van der Waals surface area contributed by atoms with Gasteiger partial charge in [0.2, 0.25) is 0 Å². The zero-order chi connectivity index (χ0) is 71.8. The van der Waals surface area contributed by atoms with Crippen LogP contribution in [-0.4, -0.2) is 96.7 Å². The summed E-state index contributed by atoms with van der Waals surface area (Å²) < 4.78 is 68.3. The van der Waals surface area contributed by atoms with E-state index >= 15 is 0 Å². The molecule has 5 unspecified atom stereocenters. The van der Waals surface area contributed by atoms with Crippen molar-refractivity contribution >= 4 is 39.5 Å². The minimum atomic E-state index is -4.99. The SMILES string of the molecule is CC/C=C\C/C=C\C/C=C\C/C=C\C/C=C\CCCCCC(=O)OCC(COP(=O)(O)OCC(O)COP(=O)(O)OCC(COC(=O)CCCCCCCCCCCCCCC)OC(=O)CCCCCCC/C=C\CCCC)OC(=O)CCCC/C=C\C/C=C\C/C=C\C/C=C\CC. The Balaban J connectivity index is 5.39. The van der Waals surface area contributed by atoms with Gasteiger partial charge in [-0.3, -0.25) is 37.3 Å². The van der Waals surface area contributed by atoms with Crippen LogP contribution in [0.25, 0.3) is 0 Å². The molecule has 3 N–H and O–H groups in total. The number of rotatable bonds is 70. The Morgan fingerprint density at radius 2 is 0.541 bits per heavy atom. The molecule has 0 aliphatic rings. The Morgan fingerprint density at radius 3 is 0.888 bits per heavy atom. The van der Waals surface area contributed by atoms with Crippen LogP contribution in [0.1, 0.15) is 297 Å². The molecule has 98 heavy (non-hydrogen) atoms. The molecule has 0 spiro atoms. The monoisotopic (exact) mass is 1420 g/mol. The van der Waals surface area contributed by atoms with Gasteiger partial charge in [-0.05, 0) is 128 Å². The van der Waals surface area contributed by atoms with Crippen LogP contribution in [0.5, 0.6) is 0 Å². The topological polar surface area (TPSA) is 237 Å². The number of phosphoric acid groups is 2. The maximum atomic E-state index is 13.1. The number of hydrogen-bond acceptors (Lipinski definition) is 15. The summed E-state index contributed by atoms with van der Waals surface area (Å²) in [4.78, 5) is 72.7. The summed E-state index contributed by atoms with van der Waals surface area (Å²) >= 11 is 0. The molecule has 0 fully saturated rings. The predicted molar refractivity (Wildman–Crippen MR) is 399 cm³/mol. The third kappa shape index (κ3) is 69.9. The van der Waals surface area contributed by atoms with Gasteiger partial charge in [0, 0.05) is 25.7 Å². The number of ether oxygens (including phenoxy) is 4. The number of aliphatic hydroxyl groups is 1. The zero-order valence-corrected chi connectivity index (χ0v) is 63.0. The fraction of sp³-hybridized carbons (Fsp3) is 0.696. The highest BCUT2D eigenvalue weighted by Crippen LogP contribution is 2.45. The van der Waals surface area contributed by atoms with E-state index in [1.165, 1.54) is 70.6 Å². The van der Waals surface area contributed by atoms with E-state index in [0.717, 1.165) is 141 Å². The van der Waals surface area contributed by atoms with E-state index in [1.807, 2.05) is 0 Å². The van der Waals surface area contributed by atoms with E-state index in [9.17, 15) is 43.2 Å². The normalized spacial score (nSPS) is 14.6. The van der Waals surface area contributed by atoms with E-state index in [-0.39, 0.29) is 25.7 Å². The Labute approximate surface area is 593 Å². The van der Waals surface area contributed by atoms with Gasteiger partial charge in [0.1, 0.15) is 19.3 Å². The lowest BCUT2D eigenvalue weighted by molar-refractivity contribution is -0.161. The van der Waals surface area contributed by atoms with Gasteiger partial charge >= 0.3 is 39.5 Å². The fourth-order valence-corrected chi connectivity index (χ4v) is 11.3. The Kier molecular flexibility index (Phi) is 67.6. The van der Waals surface area contributed by atoms with Crippen LogP contribution in [0, 0.1) is 0 Å². The predicted octanol–water partition coefficient (Wildman–Crippen LogP) is 21.6. The summed E-state index contributed by atoms with van der Waals surface area (Å²) in [7, 11) is -9.97. The van der Waals surface area contributed by atoms with Gasteiger partial charge in [0.15, 0.2) is 12.2 Å². The molecule has 562 valence electrons. The molecule has 0 bridgehead atoms. The molecule has 0 rings (SSSR count). The molecule has 0 radical (unpaired) electrons. The highest BCUT2D eigenvalue weighted by Gasteiger charge is 2.30. The number of hydrogen-bond donors (Lipinski definition) is 3. The van der Waals surface area contributed by atoms with Crippen molar-refractivity contribution in [1.29, 1.82) is 0 Å². The van der Waals surface area contributed by atoms with E-state index in [4.69, 9.17) is 37.0 Å². The Hall–Kier alpha value is -4.54. The average molecular weight is 1420 g/mol. The van der Waals surface area contributed by atoms with Crippen LogP contribution in [0.4, 0.5) is 0 Å². The standard InChI is InChI=1S/C79H134O17P2/c1-5-9-13-17-21-25-29-32-34-35-36-37-39-41-45-48-52-56-60-64-77(82)90-70-75(96-79(84)66-62-58-54-50-46-42-38-33-30-26-22-18-14-10-6-2)72-94-98(87,88)92-68-73(80)67-91-97(85,86)93-71-74(95-78(83)65-61-57-53-49-43-28-24-20-16-12-8-4)69-89-76(81)63-59-55-51-47-44-40-31-27-23-19-15-11-7-3/h9-10,13-14,20-22,24-26,32-34,36-38,41,45-46,50,73-75,80H,5-8,11-12,15-19,23,27-31,35,39-40,42-44,47-49,51-72H2,1-4H3,(H,85,86)(H,87,88)/b13-9-,14-10-,24-20-,25-21-,26-22-,34-32-,37-36-,38-33-,45-41-,50-46-. The van der Waals surface area contributed by atoms with Crippen LogP contribution < -0.4 is 0 Å². The van der Waals surface area contributed by atoms with Gasteiger partial charge in [-0.25, -0.2) is 9.13 Å². The van der Waals surface area contributed by atoms with Crippen molar-refractivity contribution in [2.45, 2.75) is 316 Å². The summed E-state index contributed by atoms with van der Waals surface area (Å²) in [6.07, 6.45) is 76.3. The average Bonchev–Trinajstić information content (AvgIpc) is 0.992. The van der Waals surface area contributed by atoms with E-state index in [1.54, 1.807) is 0 Å². The Bertz CT molecular complexity index is 2340. The molecule has 0 amide bonds. The zero-order valence-electron chi connectivity index (χ0n) is 61.2. The summed E-state index contributed by atoms with van der Waals surface area (Å²) in [5.74, 6) is -2.27. The first-order chi connectivity index (χ1) is 47.7.